The molecular weight excluding hydrogens is 216 g/mol. The van der Waals surface area contributed by atoms with Gasteiger partial charge in [-0.05, 0) is 42.6 Å². The van der Waals surface area contributed by atoms with E-state index in [1.165, 1.54) is 50.5 Å². The highest BCUT2D eigenvalue weighted by Gasteiger charge is 2.21. The Morgan fingerprint density at radius 1 is 0.944 bits per heavy atom. The van der Waals surface area contributed by atoms with Gasteiger partial charge in [-0.25, -0.2) is 0 Å². The van der Waals surface area contributed by atoms with Crippen LogP contribution in [0.4, 0.5) is 0 Å². The van der Waals surface area contributed by atoms with E-state index in [4.69, 9.17) is 0 Å². The van der Waals surface area contributed by atoms with Gasteiger partial charge in [-0.1, -0.05) is 69.9 Å². The van der Waals surface area contributed by atoms with Crippen molar-refractivity contribution in [3.8, 4) is 0 Å². The Kier molecular flexibility index (Phi) is 5.28. The summed E-state index contributed by atoms with van der Waals surface area (Å²) in [6.45, 7) is 4.73. The van der Waals surface area contributed by atoms with Crippen molar-refractivity contribution in [2.24, 2.45) is 17.8 Å². The van der Waals surface area contributed by atoms with E-state index < -0.39 is 0 Å². The summed E-state index contributed by atoms with van der Waals surface area (Å²) in [6.07, 6.45) is 10.0. The van der Waals surface area contributed by atoms with Gasteiger partial charge in [0.05, 0.1) is 0 Å². The van der Waals surface area contributed by atoms with E-state index in [1.54, 1.807) is 0 Å². The normalized spacial score (nSPS) is 24.4. The van der Waals surface area contributed by atoms with Crippen LogP contribution in [0.3, 0.4) is 0 Å². The summed E-state index contributed by atoms with van der Waals surface area (Å²) in [6, 6.07) is 11.0. The van der Waals surface area contributed by atoms with Crippen LogP contribution in [0, 0.1) is 17.8 Å². The van der Waals surface area contributed by atoms with Crippen molar-refractivity contribution >= 4 is 0 Å². The summed E-state index contributed by atoms with van der Waals surface area (Å²) in [4.78, 5) is 0. The third-order valence-electron chi connectivity index (χ3n) is 4.46. The van der Waals surface area contributed by atoms with E-state index in [-0.39, 0.29) is 0 Å². The molecule has 0 unspecified atom stereocenters. The first-order chi connectivity index (χ1) is 8.74. The van der Waals surface area contributed by atoms with E-state index in [9.17, 15) is 0 Å². The maximum absolute atomic E-state index is 2.36. The Labute approximate surface area is 113 Å². The molecule has 1 aliphatic carbocycles. The lowest BCUT2D eigenvalue weighted by Crippen LogP contribution is -2.16. The zero-order chi connectivity index (χ0) is 12.8. The van der Waals surface area contributed by atoms with Crippen LogP contribution >= 0.6 is 0 Å². The molecule has 1 saturated carbocycles. The first-order valence-corrected chi connectivity index (χ1v) is 7.78. The quantitative estimate of drug-likeness (QED) is 0.644. The molecule has 1 aromatic rings. The van der Waals surface area contributed by atoms with Gasteiger partial charge in [0.1, 0.15) is 0 Å². The molecule has 0 spiro atoms. The van der Waals surface area contributed by atoms with Gasteiger partial charge in [0.2, 0.25) is 0 Å². The fourth-order valence-corrected chi connectivity index (χ4v) is 3.44. The summed E-state index contributed by atoms with van der Waals surface area (Å²) in [5, 5.41) is 0. The maximum atomic E-state index is 2.36. The van der Waals surface area contributed by atoms with Crippen LogP contribution in [0.1, 0.15) is 57.9 Å². The van der Waals surface area contributed by atoms with E-state index >= 15 is 0 Å². The highest BCUT2D eigenvalue weighted by Crippen LogP contribution is 2.34. The minimum atomic E-state index is 0.885. The highest BCUT2D eigenvalue weighted by molar-refractivity contribution is 5.14. The Hall–Kier alpha value is -0.780. The molecule has 0 heteroatoms. The monoisotopic (exact) mass is 244 g/mol. The molecule has 100 valence electrons. The Morgan fingerprint density at radius 3 is 2.17 bits per heavy atom. The Morgan fingerprint density at radius 2 is 1.56 bits per heavy atom. The second-order valence-corrected chi connectivity index (χ2v) is 6.54. The zero-order valence-electron chi connectivity index (χ0n) is 12.1. The second kappa shape index (κ2) is 6.97. The van der Waals surface area contributed by atoms with Crippen molar-refractivity contribution in [2.45, 2.75) is 58.8 Å². The van der Waals surface area contributed by atoms with Crippen molar-refractivity contribution in [1.82, 2.24) is 0 Å². The minimum absolute atomic E-state index is 0.885. The van der Waals surface area contributed by atoms with Crippen LogP contribution in [0.15, 0.2) is 30.3 Å². The molecule has 0 N–H and O–H groups in total. The van der Waals surface area contributed by atoms with Crippen LogP contribution in [0.5, 0.6) is 0 Å². The number of rotatable bonds is 5. The van der Waals surface area contributed by atoms with Gasteiger partial charge in [-0.15, -0.1) is 0 Å². The predicted molar refractivity (Wildman–Crippen MR) is 79.7 cm³/mol. The summed E-state index contributed by atoms with van der Waals surface area (Å²) in [7, 11) is 0. The number of hydrogen-bond acceptors (Lipinski definition) is 0. The van der Waals surface area contributed by atoms with Crippen LogP contribution in [-0.2, 0) is 6.42 Å². The van der Waals surface area contributed by atoms with Gasteiger partial charge in [0.25, 0.3) is 0 Å². The molecule has 0 saturated heterocycles. The summed E-state index contributed by atoms with van der Waals surface area (Å²) in [5.74, 6) is 2.91. The largest absolute Gasteiger partial charge is 0.0628 e. The lowest BCUT2D eigenvalue weighted by Gasteiger charge is -2.29. The van der Waals surface area contributed by atoms with E-state index in [0.717, 1.165) is 17.8 Å². The summed E-state index contributed by atoms with van der Waals surface area (Å²) < 4.78 is 0. The molecule has 0 aromatic heterocycles. The molecule has 1 aromatic carbocycles. The minimum Gasteiger partial charge on any atom is -0.0628 e. The van der Waals surface area contributed by atoms with E-state index in [1.807, 2.05) is 0 Å². The van der Waals surface area contributed by atoms with Gasteiger partial charge in [-0.2, -0.15) is 0 Å². The van der Waals surface area contributed by atoms with Crippen LogP contribution < -0.4 is 0 Å². The molecule has 0 bridgehead atoms. The number of benzene rings is 1. The lowest BCUT2D eigenvalue weighted by atomic mass is 9.77. The Balaban J connectivity index is 1.68. The summed E-state index contributed by atoms with van der Waals surface area (Å²) >= 11 is 0. The van der Waals surface area contributed by atoms with Gasteiger partial charge < -0.3 is 0 Å². The smallest absolute Gasteiger partial charge is 0.0276 e. The van der Waals surface area contributed by atoms with Gasteiger partial charge in [0.15, 0.2) is 0 Å². The van der Waals surface area contributed by atoms with Crippen molar-refractivity contribution in [1.29, 1.82) is 0 Å². The first kappa shape index (κ1) is 13.6. The van der Waals surface area contributed by atoms with Crippen molar-refractivity contribution < 1.29 is 0 Å². The molecule has 0 nitrogen and oxygen atoms in total. The predicted octanol–water partition coefficient (Wildman–Crippen LogP) is 5.47. The SMILES string of the molecule is CC(C)CC1CCC(CCc2ccccc2)CC1. The number of aryl methyl sites for hydroxylation is 1. The van der Waals surface area contributed by atoms with Crippen molar-refractivity contribution in [3.63, 3.8) is 0 Å². The molecule has 0 aliphatic heterocycles. The lowest BCUT2D eigenvalue weighted by molar-refractivity contribution is 0.236. The average Bonchev–Trinajstić information content (AvgIpc) is 2.38. The van der Waals surface area contributed by atoms with E-state index in [2.05, 4.69) is 44.2 Å². The maximum Gasteiger partial charge on any atom is -0.0276 e. The molecule has 18 heavy (non-hydrogen) atoms. The van der Waals surface area contributed by atoms with Crippen LogP contribution in [0.25, 0.3) is 0 Å². The fraction of sp³-hybridized carbons (Fsp3) is 0.667. The van der Waals surface area contributed by atoms with Crippen LogP contribution in [0.2, 0.25) is 0 Å². The Bertz CT molecular complexity index is 317. The van der Waals surface area contributed by atoms with Gasteiger partial charge in [0, 0.05) is 0 Å². The average molecular weight is 244 g/mol. The third kappa shape index (κ3) is 4.48. The third-order valence-corrected chi connectivity index (χ3v) is 4.46. The van der Waals surface area contributed by atoms with E-state index in [0.29, 0.717) is 0 Å². The second-order valence-electron chi connectivity index (χ2n) is 6.54. The number of hydrogen-bond donors (Lipinski definition) is 0. The molecule has 2 rings (SSSR count). The zero-order valence-corrected chi connectivity index (χ0v) is 12.1. The topological polar surface area (TPSA) is 0 Å². The first-order valence-electron chi connectivity index (χ1n) is 7.78. The molecule has 0 heterocycles. The summed E-state index contributed by atoms with van der Waals surface area (Å²) in [5.41, 5.74) is 1.52. The highest BCUT2D eigenvalue weighted by atomic mass is 14.3. The van der Waals surface area contributed by atoms with Crippen LogP contribution in [-0.4, -0.2) is 0 Å². The molecular formula is C18H28. The fourth-order valence-electron chi connectivity index (χ4n) is 3.44. The van der Waals surface area contributed by atoms with Crippen molar-refractivity contribution in [3.05, 3.63) is 35.9 Å². The van der Waals surface area contributed by atoms with Crippen molar-refractivity contribution in [2.75, 3.05) is 0 Å². The van der Waals surface area contributed by atoms with Gasteiger partial charge in [-0.3, -0.25) is 0 Å². The molecule has 0 amide bonds. The molecule has 1 aliphatic rings. The van der Waals surface area contributed by atoms with Gasteiger partial charge >= 0.3 is 0 Å². The standard InChI is InChI=1S/C18H28/c1-15(2)14-18-12-10-17(11-13-18)9-8-16-6-4-3-5-7-16/h3-7,15,17-18H,8-14H2,1-2H3. The molecule has 0 atom stereocenters. The molecule has 0 radical (unpaired) electrons. The molecule has 1 fully saturated rings.